The van der Waals surface area contributed by atoms with Gasteiger partial charge in [-0.05, 0) is 37.5 Å². The molecule has 114 valence electrons. The standard InChI is InChI=1S/C15H15N3O4/c1-9-8-13(16-11-5-3-2-4-10(9)11)18-17-12(15(21)22)6-7-14(19)20/h2-5,8H,6-7H2,1H3,(H,16,18)(H,19,20)(H,21,22)/p-2/b17-12+. The number of nitrogens with one attached hydrogen (secondary N) is 1. The third-order valence-corrected chi connectivity index (χ3v) is 3.03. The van der Waals surface area contributed by atoms with Crippen molar-refractivity contribution in [3.8, 4) is 0 Å². The minimum absolute atomic E-state index is 0.287. The number of para-hydroxylation sites is 1. The van der Waals surface area contributed by atoms with Crippen LogP contribution in [0.5, 0.6) is 0 Å². The first-order valence-corrected chi connectivity index (χ1v) is 6.57. The number of carbonyl (C=O) groups excluding carboxylic acids is 2. The molecule has 7 heteroatoms. The van der Waals surface area contributed by atoms with Gasteiger partial charge in [0.2, 0.25) is 0 Å². The molecule has 0 aliphatic carbocycles. The molecule has 1 heterocycles. The first kappa shape index (κ1) is 15.4. The van der Waals surface area contributed by atoms with E-state index >= 15 is 0 Å². The lowest BCUT2D eigenvalue weighted by molar-refractivity contribution is -0.305. The molecule has 1 aromatic carbocycles. The molecule has 2 rings (SSSR count). The first-order chi connectivity index (χ1) is 10.5. The van der Waals surface area contributed by atoms with E-state index in [2.05, 4.69) is 15.5 Å². The second-order valence-corrected chi connectivity index (χ2v) is 4.67. The summed E-state index contributed by atoms with van der Waals surface area (Å²) in [6.45, 7) is 1.90. The summed E-state index contributed by atoms with van der Waals surface area (Å²) in [4.78, 5) is 25.6. The zero-order valence-corrected chi connectivity index (χ0v) is 11.8. The van der Waals surface area contributed by atoms with Gasteiger partial charge in [-0.3, -0.25) is 5.43 Å². The molecule has 0 fully saturated rings. The molecule has 0 amide bonds. The van der Waals surface area contributed by atoms with Crippen molar-refractivity contribution in [1.29, 1.82) is 0 Å². The number of hydrazone groups is 1. The van der Waals surface area contributed by atoms with E-state index in [1.54, 1.807) is 6.07 Å². The number of hydrogen-bond acceptors (Lipinski definition) is 7. The van der Waals surface area contributed by atoms with Gasteiger partial charge in [0.25, 0.3) is 0 Å². The molecule has 22 heavy (non-hydrogen) atoms. The topological polar surface area (TPSA) is 118 Å². The van der Waals surface area contributed by atoms with Crippen LogP contribution in [-0.2, 0) is 9.59 Å². The van der Waals surface area contributed by atoms with Crippen molar-refractivity contribution >= 4 is 34.4 Å². The molecule has 0 radical (unpaired) electrons. The van der Waals surface area contributed by atoms with Gasteiger partial charge in [-0.1, -0.05) is 18.2 Å². The van der Waals surface area contributed by atoms with Gasteiger partial charge >= 0.3 is 0 Å². The number of carboxylic acids is 2. The molecule has 0 aliphatic heterocycles. The molecule has 0 saturated carbocycles. The van der Waals surface area contributed by atoms with Gasteiger partial charge in [0, 0.05) is 11.4 Å². The van der Waals surface area contributed by atoms with Crippen LogP contribution in [0.15, 0.2) is 35.4 Å². The van der Waals surface area contributed by atoms with Gasteiger partial charge in [-0.15, -0.1) is 0 Å². The SMILES string of the molecule is Cc1cc(N/N=C(\CCC(=O)[O-])C(=O)[O-])nc2ccccc12. The van der Waals surface area contributed by atoms with E-state index in [-0.39, 0.29) is 6.42 Å². The van der Waals surface area contributed by atoms with E-state index in [0.29, 0.717) is 5.82 Å². The number of fused-ring (bicyclic) bond motifs is 1. The van der Waals surface area contributed by atoms with E-state index in [9.17, 15) is 19.8 Å². The van der Waals surface area contributed by atoms with Gasteiger partial charge in [0.05, 0.1) is 17.2 Å². The highest BCUT2D eigenvalue weighted by Gasteiger charge is 2.04. The third kappa shape index (κ3) is 3.78. The second-order valence-electron chi connectivity index (χ2n) is 4.67. The number of rotatable bonds is 6. The largest absolute Gasteiger partial charge is 0.550 e. The maximum atomic E-state index is 10.9. The summed E-state index contributed by atoms with van der Waals surface area (Å²) in [5.41, 5.74) is 3.81. The minimum atomic E-state index is -1.54. The number of aryl methyl sites for hydroxylation is 1. The Hall–Kier alpha value is -2.96. The van der Waals surface area contributed by atoms with Crippen LogP contribution in [0, 0.1) is 6.92 Å². The van der Waals surface area contributed by atoms with Crippen LogP contribution in [0.2, 0.25) is 0 Å². The van der Waals surface area contributed by atoms with Crippen molar-refractivity contribution in [1.82, 2.24) is 4.98 Å². The maximum Gasteiger partial charge on any atom is 0.147 e. The zero-order valence-electron chi connectivity index (χ0n) is 11.8. The number of carbonyl (C=O) groups is 2. The average Bonchev–Trinajstić information content (AvgIpc) is 2.46. The summed E-state index contributed by atoms with van der Waals surface area (Å²) in [6, 6.07) is 9.21. The summed E-state index contributed by atoms with van der Waals surface area (Å²) in [5.74, 6) is -2.52. The van der Waals surface area contributed by atoms with Crippen molar-refractivity contribution in [3.05, 3.63) is 35.9 Å². The lowest BCUT2D eigenvalue weighted by Gasteiger charge is -2.10. The fourth-order valence-electron chi connectivity index (χ4n) is 1.96. The van der Waals surface area contributed by atoms with Gasteiger partial charge in [0.15, 0.2) is 0 Å². The lowest BCUT2D eigenvalue weighted by atomic mass is 10.1. The van der Waals surface area contributed by atoms with E-state index in [1.165, 1.54) is 0 Å². The maximum absolute atomic E-state index is 10.9. The fraction of sp³-hybridized carbons (Fsp3) is 0.200. The number of aliphatic carboxylic acids is 2. The molecule has 1 N–H and O–H groups in total. The van der Waals surface area contributed by atoms with Gasteiger partial charge in [0.1, 0.15) is 5.82 Å². The number of pyridine rings is 1. The Labute approximate surface area is 126 Å². The smallest absolute Gasteiger partial charge is 0.147 e. The lowest BCUT2D eigenvalue weighted by Crippen LogP contribution is -2.34. The molecular formula is C15H13N3O4-2. The van der Waals surface area contributed by atoms with Crippen LogP contribution >= 0.6 is 0 Å². The summed E-state index contributed by atoms with van der Waals surface area (Å²) in [6.07, 6.45) is -0.733. The van der Waals surface area contributed by atoms with Crippen LogP contribution in [0.1, 0.15) is 18.4 Å². The molecular weight excluding hydrogens is 286 g/mol. The quantitative estimate of drug-likeness (QED) is 0.572. The number of hydrogen-bond donors (Lipinski definition) is 1. The van der Waals surface area contributed by atoms with Gasteiger partial charge in [-0.2, -0.15) is 5.10 Å². The number of anilines is 1. The Morgan fingerprint density at radius 2 is 1.95 bits per heavy atom. The molecule has 1 aromatic heterocycles. The molecule has 2 aromatic rings. The summed E-state index contributed by atoms with van der Waals surface area (Å²) >= 11 is 0. The van der Waals surface area contributed by atoms with Crippen molar-refractivity contribution < 1.29 is 19.8 Å². The second kappa shape index (κ2) is 6.66. The van der Waals surface area contributed by atoms with Crippen molar-refractivity contribution in [2.24, 2.45) is 5.10 Å². The Morgan fingerprint density at radius 1 is 1.23 bits per heavy atom. The van der Waals surface area contributed by atoms with E-state index in [4.69, 9.17) is 0 Å². The van der Waals surface area contributed by atoms with Crippen molar-refractivity contribution in [2.75, 3.05) is 5.43 Å². The van der Waals surface area contributed by atoms with E-state index < -0.39 is 24.1 Å². The van der Waals surface area contributed by atoms with Crippen molar-refractivity contribution in [2.45, 2.75) is 19.8 Å². The number of aromatic nitrogens is 1. The van der Waals surface area contributed by atoms with Gasteiger partial charge < -0.3 is 19.8 Å². The predicted octanol–water partition coefficient (Wildman–Crippen LogP) is -0.409. The van der Waals surface area contributed by atoms with Crippen LogP contribution in [0.4, 0.5) is 5.82 Å². The molecule has 0 bridgehead atoms. The summed E-state index contributed by atoms with van der Waals surface area (Å²) < 4.78 is 0. The molecule has 0 spiro atoms. The Bertz CT molecular complexity index is 756. The number of benzene rings is 1. The van der Waals surface area contributed by atoms with Crippen LogP contribution < -0.4 is 15.6 Å². The molecule has 0 unspecified atom stereocenters. The van der Waals surface area contributed by atoms with Gasteiger partial charge in [-0.25, -0.2) is 4.98 Å². The van der Waals surface area contributed by atoms with Crippen molar-refractivity contribution in [3.63, 3.8) is 0 Å². The summed E-state index contributed by atoms with van der Waals surface area (Å²) in [5, 5.41) is 25.9. The van der Waals surface area contributed by atoms with Crippen LogP contribution in [-0.4, -0.2) is 22.6 Å². The number of nitrogens with zero attached hydrogens (tertiary/aromatic N) is 2. The zero-order chi connectivity index (χ0) is 16.1. The highest BCUT2D eigenvalue weighted by molar-refractivity contribution is 6.34. The summed E-state index contributed by atoms with van der Waals surface area (Å²) in [7, 11) is 0. The van der Waals surface area contributed by atoms with E-state index in [1.807, 2.05) is 31.2 Å². The first-order valence-electron chi connectivity index (χ1n) is 6.57. The Morgan fingerprint density at radius 3 is 2.64 bits per heavy atom. The van der Waals surface area contributed by atoms with Crippen LogP contribution in [0.3, 0.4) is 0 Å². The highest BCUT2D eigenvalue weighted by atomic mass is 16.4. The normalized spacial score (nSPS) is 11.4. The van der Waals surface area contributed by atoms with E-state index in [0.717, 1.165) is 16.5 Å². The molecule has 7 nitrogen and oxygen atoms in total. The average molecular weight is 299 g/mol. The fourth-order valence-corrected chi connectivity index (χ4v) is 1.96. The number of carboxylic acid groups (broad SMARTS) is 2. The Balaban J connectivity index is 2.23. The highest BCUT2D eigenvalue weighted by Crippen LogP contribution is 2.19. The molecule has 0 saturated heterocycles. The third-order valence-electron chi connectivity index (χ3n) is 3.03. The molecule has 0 aliphatic rings. The molecule has 0 atom stereocenters. The monoisotopic (exact) mass is 299 g/mol. The predicted molar refractivity (Wildman–Crippen MR) is 76.8 cm³/mol. The van der Waals surface area contributed by atoms with Crippen LogP contribution in [0.25, 0.3) is 10.9 Å². The Kier molecular flexibility index (Phi) is 4.67. The minimum Gasteiger partial charge on any atom is -0.550 e.